The Morgan fingerprint density at radius 1 is 0.956 bits per heavy atom. The number of piperazine rings is 1. The number of piperidine rings is 2. The quantitative estimate of drug-likeness (QED) is 0.176. The van der Waals surface area contributed by atoms with Gasteiger partial charge in [0.1, 0.15) is 17.5 Å². The second-order valence-electron chi connectivity index (χ2n) is 18.3. The lowest BCUT2D eigenvalue weighted by Gasteiger charge is -2.37. The van der Waals surface area contributed by atoms with E-state index in [0.717, 1.165) is 36.7 Å². The van der Waals surface area contributed by atoms with Gasteiger partial charge in [-0.2, -0.15) is 4.98 Å². The summed E-state index contributed by atoms with van der Waals surface area (Å²) in [6, 6.07) is 8.97. The second kappa shape index (κ2) is 19.0. The number of benzene rings is 2. The molecule has 6 heterocycles. The number of ether oxygens (including phenoxy) is 1. The number of hydrogen-bond acceptors (Lipinski definition) is 14. The van der Waals surface area contributed by atoms with Gasteiger partial charge in [0, 0.05) is 83.3 Å². The molecule has 2 aromatic carbocycles. The molecule has 1 aromatic heterocycles. The van der Waals surface area contributed by atoms with Gasteiger partial charge in [-0.1, -0.05) is 25.5 Å². The molecular formula is C48H56FN11O8. The maximum atomic E-state index is 16.0. The highest BCUT2D eigenvalue weighted by atomic mass is 19.1. The first-order chi connectivity index (χ1) is 32.8. The number of hydrogen-bond donors (Lipinski definition) is 3. The first-order valence-electron chi connectivity index (χ1n) is 23.4. The Morgan fingerprint density at radius 3 is 2.41 bits per heavy atom. The molecule has 3 N–H and O–H groups in total. The van der Waals surface area contributed by atoms with E-state index in [1.165, 1.54) is 25.3 Å². The van der Waals surface area contributed by atoms with Gasteiger partial charge in [0.05, 0.1) is 42.4 Å². The monoisotopic (exact) mass is 933 g/mol. The molecule has 7 amide bonds. The predicted octanol–water partition coefficient (Wildman–Crippen LogP) is 3.18. The fourth-order valence-electron chi connectivity index (χ4n) is 10.3. The third kappa shape index (κ3) is 8.83. The van der Waals surface area contributed by atoms with Crippen molar-refractivity contribution in [1.82, 2.24) is 35.3 Å². The molecule has 3 saturated heterocycles. The maximum Gasteiger partial charge on any atom is 0.270 e. The highest BCUT2D eigenvalue weighted by molar-refractivity contribution is 6.25. The number of aromatic nitrogens is 2. The summed E-state index contributed by atoms with van der Waals surface area (Å²) >= 11 is 0. The summed E-state index contributed by atoms with van der Waals surface area (Å²) in [7, 11) is 3.01. The third-order valence-electron chi connectivity index (χ3n) is 14.2. The number of likely N-dealkylation sites (tertiary alicyclic amines) is 1. The van der Waals surface area contributed by atoms with Gasteiger partial charge in [-0.05, 0) is 68.5 Å². The van der Waals surface area contributed by atoms with Crippen molar-refractivity contribution in [3.63, 3.8) is 0 Å². The van der Waals surface area contributed by atoms with Crippen molar-refractivity contribution < 1.29 is 42.7 Å². The van der Waals surface area contributed by atoms with Crippen molar-refractivity contribution in [3.8, 4) is 5.75 Å². The first-order valence-corrected chi connectivity index (χ1v) is 23.4. The number of methoxy groups -OCH3 is 1. The summed E-state index contributed by atoms with van der Waals surface area (Å²) in [4.78, 5) is 111. The minimum atomic E-state index is -2.29. The highest BCUT2D eigenvalue weighted by Gasteiger charge is 2.48. The van der Waals surface area contributed by atoms with Crippen LogP contribution in [-0.4, -0.2) is 156 Å². The Balaban J connectivity index is 0.748. The lowest BCUT2D eigenvalue weighted by Crippen LogP contribution is -2.54. The van der Waals surface area contributed by atoms with Crippen LogP contribution in [0.2, 0.25) is 0 Å². The van der Waals surface area contributed by atoms with Crippen LogP contribution in [0.5, 0.6) is 5.75 Å². The molecule has 358 valence electrons. The van der Waals surface area contributed by atoms with Crippen LogP contribution in [0.4, 0.5) is 33.2 Å². The van der Waals surface area contributed by atoms with Crippen LogP contribution in [0.25, 0.3) is 0 Å². The summed E-state index contributed by atoms with van der Waals surface area (Å²) in [5.74, 6) is -2.08. The minimum Gasteiger partial charge on any atom is -0.495 e. The number of nitrogens with zero attached hydrogens (tertiary/aromatic N) is 8. The third-order valence-corrected chi connectivity index (χ3v) is 14.2. The number of nitrogens with one attached hydrogen (secondary N) is 3. The summed E-state index contributed by atoms with van der Waals surface area (Å²) < 4.78 is 21.7. The molecule has 6 aliphatic rings. The Hall–Kier alpha value is -6.96. The molecule has 0 bridgehead atoms. The standard InChI is InChI=1S/C48H56FN11O8/c1-4-48(49)28-59(31-8-5-6-9-31)41-36(55(2)46(48)67)27-50-47(54-41)52-33-13-12-29(26-37(33)68-3)42(63)51-30-16-20-58(21-17-30)39(62)18-19-56-22-24-57(25-23-56)34-11-7-10-32-40(34)45(66)60(44(32)65)35-14-15-38(61)53-43(35)64/h4,7,10-13,26-27,30-31,35H,1,5-6,8-9,14-25,28H2,2-3H3,(H,51,63)(H,50,52,54)(H,53,61,64)/t35?,48-/m1/s1. The zero-order valence-electron chi connectivity index (χ0n) is 38.3. The fourth-order valence-corrected chi connectivity index (χ4v) is 10.3. The van der Waals surface area contributed by atoms with Gasteiger partial charge in [-0.25, -0.2) is 9.37 Å². The Morgan fingerprint density at radius 2 is 1.71 bits per heavy atom. The van der Waals surface area contributed by atoms with Gasteiger partial charge in [-0.3, -0.25) is 48.7 Å². The van der Waals surface area contributed by atoms with Crippen molar-refractivity contribution in [2.24, 2.45) is 0 Å². The SMILES string of the molecule is C=C[C@@]1(F)CN(C2CCCC2)c2nc(Nc3ccc(C(=O)NC4CCN(C(=O)CCN5CCN(c6cccc7c6C(=O)N(C6CCC(=O)NC6=O)C7=O)CC5)CC4)cc3OC)ncc2N(C)C1=O. The van der Waals surface area contributed by atoms with Crippen LogP contribution in [0.1, 0.15) is 88.9 Å². The fraction of sp³-hybridized carbons (Fsp3) is 0.479. The van der Waals surface area contributed by atoms with Crippen LogP contribution in [0, 0.1) is 0 Å². The number of rotatable bonds is 12. The predicted molar refractivity (Wildman–Crippen MR) is 249 cm³/mol. The minimum absolute atomic E-state index is 0.00538. The molecule has 9 rings (SSSR count). The topological polar surface area (TPSA) is 210 Å². The molecule has 68 heavy (non-hydrogen) atoms. The Kier molecular flexibility index (Phi) is 12.9. The van der Waals surface area contributed by atoms with E-state index in [1.54, 1.807) is 36.4 Å². The zero-order chi connectivity index (χ0) is 47.9. The normalized spacial score (nSPS) is 22.8. The first kappa shape index (κ1) is 46.2. The van der Waals surface area contributed by atoms with Crippen molar-refractivity contribution in [2.75, 3.05) is 86.5 Å². The van der Waals surface area contributed by atoms with E-state index in [-0.39, 0.29) is 60.4 Å². The molecule has 4 fully saturated rings. The number of fused-ring (bicyclic) bond motifs is 2. The summed E-state index contributed by atoms with van der Waals surface area (Å²) in [6.07, 6.45) is 7.94. The Bertz CT molecular complexity index is 2560. The van der Waals surface area contributed by atoms with E-state index < -0.39 is 41.2 Å². The summed E-state index contributed by atoms with van der Waals surface area (Å²) in [5, 5.41) is 8.53. The molecule has 19 nitrogen and oxygen atoms in total. The van der Waals surface area contributed by atoms with E-state index in [0.29, 0.717) is 99.3 Å². The number of halogens is 1. The molecule has 1 aliphatic carbocycles. The van der Waals surface area contributed by atoms with Gasteiger partial charge < -0.3 is 35.0 Å². The van der Waals surface area contributed by atoms with Crippen molar-refractivity contribution in [3.05, 3.63) is 71.9 Å². The highest BCUT2D eigenvalue weighted by Crippen LogP contribution is 2.40. The molecule has 1 unspecified atom stereocenters. The van der Waals surface area contributed by atoms with Crippen LogP contribution in [-0.2, 0) is 19.2 Å². The largest absolute Gasteiger partial charge is 0.495 e. The number of anilines is 5. The van der Waals surface area contributed by atoms with Crippen molar-refractivity contribution in [1.29, 1.82) is 0 Å². The van der Waals surface area contributed by atoms with Crippen LogP contribution in [0.15, 0.2) is 55.3 Å². The average Bonchev–Trinajstić information content (AvgIpc) is 3.96. The van der Waals surface area contributed by atoms with E-state index >= 15 is 4.39 Å². The lowest BCUT2D eigenvalue weighted by molar-refractivity contribution is -0.136. The van der Waals surface area contributed by atoms with Crippen molar-refractivity contribution >= 4 is 70.2 Å². The number of amides is 7. The van der Waals surface area contributed by atoms with Gasteiger partial charge in [0.25, 0.3) is 23.6 Å². The van der Waals surface area contributed by atoms with E-state index in [1.807, 2.05) is 9.80 Å². The molecule has 0 spiro atoms. The molecular weight excluding hydrogens is 878 g/mol. The average molecular weight is 934 g/mol. The van der Waals surface area contributed by atoms with Gasteiger partial charge >= 0.3 is 0 Å². The van der Waals surface area contributed by atoms with Gasteiger partial charge in [0.15, 0.2) is 5.82 Å². The number of imide groups is 2. The van der Waals surface area contributed by atoms with Crippen molar-refractivity contribution in [2.45, 2.75) is 81.6 Å². The van der Waals surface area contributed by atoms with Crippen LogP contribution >= 0.6 is 0 Å². The van der Waals surface area contributed by atoms with Crippen LogP contribution in [0.3, 0.4) is 0 Å². The molecule has 3 aromatic rings. The summed E-state index contributed by atoms with van der Waals surface area (Å²) in [6.45, 7) is 7.44. The van der Waals surface area contributed by atoms with Gasteiger partial charge in [0.2, 0.25) is 29.3 Å². The number of carbonyl (C=O) groups is 7. The molecule has 5 aliphatic heterocycles. The lowest BCUT2D eigenvalue weighted by atomic mass is 10.0. The zero-order valence-corrected chi connectivity index (χ0v) is 38.3. The maximum absolute atomic E-state index is 16.0. The van der Waals surface area contributed by atoms with E-state index in [4.69, 9.17) is 9.72 Å². The number of carbonyl (C=O) groups excluding carboxylic acids is 7. The smallest absolute Gasteiger partial charge is 0.270 e. The Labute approximate surface area is 393 Å². The number of alkyl halides is 1. The van der Waals surface area contributed by atoms with E-state index in [9.17, 15) is 33.6 Å². The summed E-state index contributed by atoms with van der Waals surface area (Å²) in [5.41, 5.74) is 0.134. The van der Waals surface area contributed by atoms with Gasteiger partial charge in [-0.15, -0.1) is 0 Å². The molecule has 2 atom stereocenters. The molecule has 0 radical (unpaired) electrons. The van der Waals surface area contributed by atoms with E-state index in [2.05, 4.69) is 37.3 Å². The van der Waals surface area contributed by atoms with Crippen LogP contribution < -0.4 is 35.4 Å². The molecule has 20 heteroatoms. The second-order valence-corrected chi connectivity index (χ2v) is 18.3. The molecule has 1 saturated carbocycles.